The van der Waals surface area contributed by atoms with Crippen LogP contribution in [-0.2, 0) is 0 Å². The molecule has 2 aromatic rings. The molecule has 0 aliphatic rings. The number of carbonyl (C=O) groups excluding carboxylic acids is 1. The SMILES string of the molecule is Cc1ccccc1C(=O)c1ccc(O)c(Cl)c1Cl. The van der Waals surface area contributed by atoms with Crippen molar-refractivity contribution >= 4 is 29.0 Å². The number of phenols is 1. The third-order valence-electron chi connectivity index (χ3n) is 2.70. The zero-order chi connectivity index (χ0) is 13.3. The smallest absolute Gasteiger partial charge is 0.194 e. The Morgan fingerprint density at radius 1 is 1.00 bits per heavy atom. The molecule has 2 rings (SSSR count). The standard InChI is InChI=1S/C14H10Cl2O2/c1-8-4-2-3-5-9(8)14(18)10-6-7-11(17)13(16)12(10)15/h2-7,17H,1H3. The van der Waals surface area contributed by atoms with Gasteiger partial charge in [0.15, 0.2) is 5.78 Å². The lowest BCUT2D eigenvalue weighted by molar-refractivity contribution is 0.103. The molecule has 0 saturated heterocycles. The second kappa shape index (κ2) is 5.01. The van der Waals surface area contributed by atoms with E-state index in [-0.39, 0.29) is 27.1 Å². The van der Waals surface area contributed by atoms with E-state index in [2.05, 4.69) is 0 Å². The largest absolute Gasteiger partial charge is 0.506 e. The number of ketones is 1. The van der Waals surface area contributed by atoms with Gasteiger partial charge in [0.05, 0.1) is 5.02 Å². The highest BCUT2D eigenvalue weighted by atomic mass is 35.5. The lowest BCUT2D eigenvalue weighted by atomic mass is 9.99. The van der Waals surface area contributed by atoms with Crippen molar-refractivity contribution in [2.24, 2.45) is 0 Å². The van der Waals surface area contributed by atoms with Crippen molar-refractivity contribution in [2.75, 3.05) is 0 Å². The van der Waals surface area contributed by atoms with Crippen molar-refractivity contribution < 1.29 is 9.90 Å². The molecule has 0 aliphatic heterocycles. The highest BCUT2D eigenvalue weighted by molar-refractivity contribution is 6.45. The van der Waals surface area contributed by atoms with Gasteiger partial charge in [0, 0.05) is 11.1 Å². The molecular weight excluding hydrogens is 271 g/mol. The van der Waals surface area contributed by atoms with Gasteiger partial charge in [0.25, 0.3) is 0 Å². The maximum atomic E-state index is 12.3. The Labute approximate surface area is 115 Å². The normalized spacial score (nSPS) is 10.4. The first-order chi connectivity index (χ1) is 8.52. The first-order valence-corrected chi connectivity index (χ1v) is 6.05. The molecule has 0 spiro atoms. The highest BCUT2D eigenvalue weighted by Crippen LogP contribution is 2.34. The van der Waals surface area contributed by atoms with Crippen LogP contribution in [0.3, 0.4) is 0 Å². The molecule has 4 heteroatoms. The first-order valence-electron chi connectivity index (χ1n) is 5.29. The summed E-state index contributed by atoms with van der Waals surface area (Å²) in [5.41, 5.74) is 1.72. The van der Waals surface area contributed by atoms with Gasteiger partial charge < -0.3 is 5.11 Å². The van der Waals surface area contributed by atoms with E-state index in [1.165, 1.54) is 12.1 Å². The Morgan fingerprint density at radius 3 is 2.33 bits per heavy atom. The highest BCUT2D eigenvalue weighted by Gasteiger charge is 2.18. The van der Waals surface area contributed by atoms with Gasteiger partial charge in [-0.25, -0.2) is 0 Å². The van der Waals surface area contributed by atoms with E-state index < -0.39 is 0 Å². The third kappa shape index (κ3) is 2.22. The van der Waals surface area contributed by atoms with E-state index in [0.717, 1.165) is 5.56 Å². The molecule has 0 aromatic heterocycles. The Kier molecular flexibility index (Phi) is 3.60. The van der Waals surface area contributed by atoms with Gasteiger partial charge in [-0.05, 0) is 24.6 Å². The Hall–Kier alpha value is -1.51. The van der Waals surface area contributed by atoms with Crippen molar-refractivity contribution in [3.05, 3.63) is 63.1 Å². The minimum absolute atomic E-state index is 0.00361. The summed E-state index contributed by atoms with van der Waals surface area (Å²) in [6.45, 7) is 1.85. The number of carbonyl (C=O) groups is 1. The number of phenolic OH excluding ortho intramolecular Hbond substituents is 1. The zero-order valence-corrected chi connectivity index (χ0v) is 11.1. The molecule has 0 radical (unpaired) electrons. The Morgan fingerprint density at radius 2 is 1.67 bits per heavy atom. The van der Waals surface area contributed by atoms with Crippen LogP contribution in [0.15, 0.2) is 36.4 Å². The number of hydrogen-bond acceptors (Lipinski definition) is 2. The van der Waals surface area contributed by atoms with Gasteiger partial charge in [-0.1, -0.05) is 47.5 Å². The predicted molar refractivity (Wildman–Crippen MR) is 72.7 cm³/mol. The van der Waals surface area contributed by atoms with Gasteiger partial charge >= 0.3 is 0 Å². The third-order valence-corrected chi connectivity index (χ3v) is 3.57. The monoisotopic (exact) mass is 280 g/mol. The van der Waals surface area contributed by atoms with Crippen LogP contribution in [0, 0.1) is 6.92 Å². The van der Waals surface area contributed by atoms with Crippen LogP contribution in [0.2, 0.25) is 10.0 Å². The summed E-state index contributed by atoms with van der Waals surface area (Å²) < 4.78 is 0. The number of aromatic hydroxyl groups is 1. The number of benzene rings is 2. The van der Waals surface area contributed by atoms with E-state index in [1.807, 2.05) is 19.1 Å². The molecule has 0 fully saturated rings. The molecule has 0 saturated carbocycles. The van der Waals surface area contributed by atoms with E-state index in [9.17, 15) is 9.90 Å². The van der Waals surface area contributed by atoms with Crippen LogP contribution >= 0.6 is 23.2 Å². The van der Waals surface area contributed by atoms with Crippen LogP contribution in [0.25, 0.3) is 0 Å². The molecule has 0 unspecified atom stereocenters. The number of aryl methyl sites for hydroxylation is 1. The number of rotatable bonds is 2. The van der Waals surface area contributed by atoms with Crippen LogP contribution in [0.4, 0.5) is 0 Å². The predicted octanol–water partition coefficient (Wildman–Crippen LogP) is 4.24. The molecule has 2 aromatic carbocycles. The van der Waals surface area contributed by atoms with Crippen molar-refractivity contribution in [3.8, 4) is 5.75 Å². The van der Waals surface area contributed by atoms with Gasteiger partial charge in [0.1, 0.15) is 10.8 Å². The minimum Gasteiger partial charge on any atom is -0.506 e. The number of halogens is 2. The quantitative estimate of drug-likeness (QED) is 0.836. The summed E-state index contributed by atoms with van der Waals surface area (Å²) in [5, 5.41) is 9.47. The molecule has 0 heterocycles. The van der Waals surface area contributed by atoms with Crippen molar-refractivity contribution in [1.29, 1.82) is 0 Å². The molecule has 0 atom stereocenters. The maximum Gasteiger partial charge on any atom is 0.194 e. The first kappa shape index (κ1) is 12.9. The average Bonchev–Trinajstić information content (AvgIpc) is 2.36. The summed E-state index contributed by atoms with van der Waals surface area (Å²) >= 11 is 11.8. The van der Waals surface area contributed by atoms with Crippen LogP contribution < -0.4 is 0 Å². The Bertz CT molecular complexity index is 621. The van der Waals surface area contributed by atoms with E-state index in [4.69, 9.17) is 23.2 Å². The molecule has 0 amide bonds. The second-order valence-electron chi connectivity index (χ2n) is 3.90. The van der Waals surface area contributed by atoms with Crippen molar-refractivity contribution in [2.45, 2.75) is 6.92 Å². The second-order valence-corrected chi connectivity index (χ2v) is 4.66. The molecule has 92 valence electrons. The van der Waals surface area contributed by atoms with Crippen LogP contribution in [-0.4, -0.2) is 10.9 Å². The summed E-state index contributed by atoms with van der Waals surface area (Å²) in [6, 6.07) is 10.1. The summed E-state index contributed by atoms with van der Waals surface area (Å²) in [6.07, 6.45) is 0. The fraction of sp³-hybridized carbons (Fsp3) is 0.0714. The maximum absolute atomic E-state index is 12.3. The summed E-state index contributed by atoms with van der Waals surface area (Å²) in [7, 11) is 0. The molecule has 0 aliphatic carbocycles. The summed E-state index contributed by atoms with van der Waals surface area (Å²) in [5.74, 6) is -0.344. The van der Waals surface area contributed by atoms with E-state index in [1.54, 1.807) is 12.1 Å². The van der Waals surface area contributed by atoms with Gasteiger partial charge in [-0.3, -0.25) is 4.79 Å². The number of hydrogen-bond donors (Lipinski definition) is 1. The molecule has 18 heavy (non-hydrogen) atoms. The fourth-order valence-electron chi connectivity index (χ4n) is 1.69. The van der Waals surface area contributed by atoms with Crippen molar-refractivity contribution in [3.63, 3.8) is 0 Å². The minimum atomic E-state index is -0.208. The Balaban J connectivity index is 2.54. The van der Waals surface area contributed by atoms with Crippen LogP contribution in [0.1, 0.15) is 21.5 Å². The van der Waals surface area contributed by atoms with Gasteiger partial charge in [-0.15, -0.1) is 0 Å². The molecule has 1 N–H and O–H groups in total. The molecule has 2 nitrogen and oxygen atoms in total. The van der Waals surface area contributed by atoms with E-state index >= 15 is 0 Å². The average molecular weight is 281 g/mol. The topological polar surface area (TPSA) is 37.3 Å². The van der Waals surface area contributed by atoms with Crippen molar-refractivity contribution in [1.82, 2.24) is 0 Å². The lowest BCUT2D eigenvalue weighted by Gasteiger charge is -2.08. The van der Waals surface area contributed by atoms with Crippen LogP contribution in [0.5, 0.6) is 5.75 Å². The van der Waals surface area contributed by atoms with E-state index in [0.29, 0.717) is 5.56 Å². The van der Waals surface area contributed by atoms with Gasteiger partial charge in [-0.2, -0.15) is 0 Å². The lowest BCUT2D eigenvalue weighted by Crippen LogP contribution is -2.04. The molecular formula is C14H10Cl2O2. The van der Waals surface area contributed by atoms with Gasteiger partial charge in [0.2, 0.25) is 0 Å². The fourth-order valence-corrected chi connectivity index (χ4v) is 2.10. The molecule has 0 bridgehead atoms. The zero-order valence-electron chi connectivity index (χ0n) is 9.58. The summed E-state index contributed by atoms with van der Waals surface area (Å²) in [4.78, 5) is 12.3.